The molecule has 1 fully saturated rings. The summed E-state index contributed by atoms with van der Waals surface area (Å²) in [5.41, 5.74) is 1.55. The highest BCUT2D eigenvalue weighted by molar-refractivity contribution is 5.95. The van der Waals surface area contributed by atoms with Crippen LogP contribution in [0.1, 0.15) is 48.5 Å². The van der Waals surface area contributed by atoms with Crippen LogP contribution in [0.25, 0.3) is 6.08 Å². The third kappa shape index (κ3) is 9.03. The number of piperazine rings is 1. The summed E-state index contributed by atoms with van der Waals surface area (Å²) >= 11 is 0. The largest absolute Gasteiger partial charge is 0.497 e. The average molecular weight is 538 g/mol. The maximum absolute atomic E-state index is 13.1. The molecule has 1 heterocycles. The molecule has 1 aliphatic rings. The van der Waals surface area contributed by atoms with Crippen LogP contribution in [0.5, 0.6) is 17.2 Å². The van der Waals surface area contributed by atoms with Crippen molar-refractivity contribution in [3.63, 3.8) is 0 Å². The zero-order chi connectivity index (χ0) is 28.0. The van der Waals surface area contributed by atoms with Crippen molar-refractivity contribution < 1.29 is 23.8 Å². The van der Waals surface area contributed by atoms with E-state index in [1.165, 1.54) is 0 Å². The highest BCUT2D eigenvalue weighted by Crippen LogP contribution is 2.24. The number of hydrogen-bond acceptors (Lipinski definition) is 6. The van der Waals surface area contributed by atoms with Gasteiger partial charge in [-0.1, -0.05) is 50.1 Å². The topological polar surface area (TPSA) is 71.6 Å². The number of ether oxygens (including phenoxy) is 3. The monoisotopic (exact) mass is 537 g/mol. The Hall–Kier alpha value is -3.52. The van der Waals surface area contributed by atoms with E-state index in [4.69, 9.17) is 14.2 Å². The van der Waals surface area contributed by atoms with E-state index in [1.807, 2.05) is 46.2 Å². The Kier molecular flexibility index (Phi) is 12.2. The Morgan fingerprint density at radius 1 is 0.923 bits per heavy atom. The summed E-state index contributed by atoms with van der Waals surface area (Å²) < 4.78 is 16.1. The predicted molar refractivity (Wildman–Crippen MR) is 155 cm³/mol. The van der Waals surface area contributed by atoms with Gasteiger partial charge in [-0.05, 0) is 24.6 Å². The number of rotatable bonds is 14. The van der Waals surface area contributed by atoms with Gasteiger partial charge in [0.25, 0.3) is 5.91 Å². The van der Waals surface area contributed by atoms with Gasteiger partial charge in [0.1, 0.15) is 17.2 Å². The standard InChI is InChI=1S/C31H43N3O5/c1-5-6-7-14-30(35)33(15-10-12-25-11-8-9-13-29(25)39-4)19-16-32-17-20-34(21-18-32)31(36)26-22-27(37-2)24-28(23-26)38-3/h8-13,22-24H,5-7,14-21H2,1-4H3. The molecule has 2 aromatic carbocycles. The molecule has 0 aromatic heterocycles. The second-order valence-electron chi connectivity index (χ2n) is 9.68. The fourth-order valence-corrected chi connectivity index (χ4v) is 4.66. The highest BCUT2D eigenvalue weighted by Gasteiger charge is 2.24. The van der Waals surface area contributed by atoms with Gasteiger partial charge in [-0.15, -0.1) is 0 Å². The van der Waals surface area contributed by atoms with Crippen LogP contribution < -0.4 is 14.2 Å². The van der Waals surface area contributed by atoms with Crippen molar-refractivity contribution in [2.75, 3.05) is 67.1 Å². The van der Waals surface area contributed by atoms with Crippen LogP contribution in [0.2, 0.25) is 0 Å². The lowest BCUT2D eigenvalue weighted by Crippen LogP contribution is -2.50. The van der Waals surface area contributed by atoms with Gasteiger partial charge in [-0.25, -0.2) is 0 Å². The van der Waals surface area contributed by atoms with Crippen LogP contribution in [-0.2, 0) is 4.79 Å². The molecule has 0 spiro atoms. The molecule has 8 nitrogen and oxygen atoms in total. The van der Waals surface area contributed by atoms with E-state index < -0.39 is 0 Å². The van der Waals surface area contributed by atoms with Gasteiger partial charge in [0.2, 0.25) is 5.91 Å². The van der Waals surface area contributed by atoms with Gasteiger partial charge in [0.15, 0.2) is 0 Å². The van der Waals surface area contributed by atoms with Gasteiger partial charge < -0.3 is 24.0 Å². The molecule has 39 heavy (non-hydrogen) atoms. The predicted octanol–water partition coefficient (Wildman–Crippen LogP) is 4.59. The number of amides is 2. The summed E-state index contributed by atoms with van der Waals surface area (Å²) in [5, 5.41) is 0. The lowest BCUT2D eigenvalue weighted by Gasteiger charge is -2.36. The van der Waals surface area contributed by atoms with Gasteiger partial charge >= 0.3 is 0 Å². The second kappa shape index (κ2) is 15.8. The summed E-state index contributed by atoms with van der Waals surface area (Å²) in [6.07, 6.45) is 7.69. The van der Waals surface area contributed by atoms with Crippen LogP contribution in [0.3, 0.4) is 0 Å². The number of nitrogens with zero attached hydrogens (tertiary/aromatic N) is 3. The maximum Gasteiger partial charge on any atom is 0.254 e. The molecule has 0 aliphatic carbocycles. The minimum Gasteiger partial charge on any atom is -0.497 e. The van der Waals surface area contributed by atoms with Crippen LogP contribution in [0, 0.1) is 0 Å². The minimum atomic E-state index is -0.0268. The van der Waals surface area contributed by atoms with Crippen molar-refractivity contribution in [1.29, 1.82) is 0 Å². The molecule has 0 saturated carbocycles. The van der Waals surface area contributed by atoms with Gasteiger partial charge in [-0.3, -0.25) is 14.5 Å². The first-order valence-electron chi connectivity index (χ1n) is 13.8. The molecule has 8 heteroatoms. The van der Waals surface area contributed by atoms with Gasteiger partial charge in [0, 0.05) is 69.4 Å². The fraction of sp³-hybridized carbons (Fsp3) is 0.484. The lowest BCUT2D eigenvalue weighted by molar-refractivity contribution is -0.131. The Morgan fingerprint density at radius 2 is 1.62 bits per heavy atom. The number of para-hydroxylation sites is 1. The van der Waals surface area contributed by atoms with Crippen molar-refractivity contribution in [3.05, 3.63) is 59.7 Å². The number of methoxy groups -OCH3 is 3. The molecule has 0 N–H and O–H groups in total. The van der Waals surface area contributed by atoms with Crippen molar-refractivity contribution in [3.8, 4) is 17.2 Å². The highest BCUT2D eigenvalue weighted by atomic mass is 16.5. The van der Waals surface area contributed by atoms with Gasteiger partial charge in [0.05, 0.1) is 21.3 Å². The lowest BCUT2D eigenvalue weighted by atomic mass is 10.1. The van der Waals surface area contributed by atoms with E-state index in [1.54, 1.807) is 39.5 Å². The summed E-state index contributed by atoms with van der Waals surface area (Å²) in [5.74, 6) is 2.17. The van der Waals surface area contributed by atoms with E-state index in [-0.39, 0.29) is 11.8 Å². The number of carbonyl (C=O) groups excluding carboxylic acids is 2. The van der Waals surface area contributed by atoms with E-state index >= 15 is 0 Å². The first-order valence-corrected chi connectivity index (χ1v) is 13.8. The summed E-state index contributed by atoms with van der Waals surface area (Å²) in [6, 6.07) is 13.1. The molecule has 3 rings (SSSR count). The quantitative estimate of drug-likeness (QED) is 0.328. The Labute approximate surface area is 233 Å². The molecule has 2 aromatic rings. The molecule has 0 unspecified atom stereocenters. The third-order valence-electron chi connectivity index (χ3n) is 7.05. The van der Waals surface area contributed by atoms with Crippen LogP contribution >= 0.6 is 0 Å². The summed E-state index contributed by atoms with van der Waals surface area (Å²) in [6.45, 7) is 6.93. The zero-order valence-corrected chi connectivity index (χ0v) is 23.9. The fourth-order valence-electron chi connectivity index (χ4n) is 4.66. The number of carbonyl (C=O) groups is 2. The SMILES string of the molecule is CCCCCC(=O)N(CC=Cc1ccccc1OC)CCN1CCN(C(=O)c2cc(OC)cc(OC)c2)CC1. The van der Waals surface area contributed by atoms with Crippen molar-refractivity contribution in [2.45, 2.75) is 32.6 Å². The van der Waals surface area contributed by atoms with Crippen molar-refractivity contribution in [1.82, 2.24) is 14.7 Å². The van der Waals surface area contributed by atoms with Gasteiger partial charge in [-0.2, -0.15) is 0 Å². The Bertz CT molecular complexity index is 1070. The maximum atomic E-state index is 13.1. The smallest absolute Gasteiger partial charge is 0.254 e. The molecule has 0 atom stereocenters. The van der Waals surface area contributed by atoms with Crippen LogP contribution in [-0.4, -0.2) is 93.7 Å². The molecule has 2 amide bonds. The number of hydrogen-bond donors (Lipinski definition) is 0. The van der Waals surface area contributed by atoms with E-state index in [9.17, 15) is 9.59 Å². The number of benzene rings is 2. The van der Waals surface area contributed by atoms with Crippen LogP contribution in [0.15, 0.2) is 48.5 Å². The molecule has 1 saturated heterocycles. The molecule has 0 radical (unpaired) electrons. The van der Waals surface area contributed by atoms with Crippen molar-refractivity contribution in [2.24, 2.45) is 0 Å². The van der Waals surface area contributed by atoms with E-state index in [2.05, 4.69) is 11.8 Å². The zero-order valence-electron chi connectivity index (χ0n) is 23.9. The molecular formula is C31H43N3O5. The van der Waals surface area contributed by atoms with Crippen LogP contribution in [0.4, 0.5) is 0 Å². The van der Waals surface area contributed by atoms with E-state index in [0.29, 0.717) is 49.7 Å². The third-order valence-corrected chi connectivity index (χ3v) is 7.05. The average Bonchev–Trinajstić information content (AvgIpc) is 2.98. The second-order valence-corrected chi connectivity index (χ2v) is 9.68. The Balaban J connectivity index is 1.56. The molecule has 212 valence electrons. The normalized spacial score (nSPS) is 13.9. The minimum absolute atomic E-state index is 0.0268. The van der Waals surface area contributed by atoms with Crippen molar-refractivity contribution >= 4 is 17.9 Å². The summed E-state index contributed by atoms with van der Waals surface area (Å²) in [7, 11) is 4.82. The summed E-state index contributed by atoms with van der Waals surface area (Å²) in [4.78, 5) is 32.3. The molecule has 1 aliphatic heterocycles. The molecular weight excluding hydrogens is 494 g/mol. The number of unbranched alkanes of at least 4 members (excludes halogenated alkanes) is 2. The molecule has 0 bridgehead atoms. The Morgan fingerprint density at radius 3 is 2.26 bits per heavy atom. The van der Waals surface area contributed by atoms with E-state index in [0.717, 1.165) is 50.2 Å². The first-order chi connectivity index (χ1) is 19.0. The first kappa shape index (κ1) is 30.0.